The summed E-state index contributed by atoms with van der Waals surface area (Å²) in [5, 5.41) is 0. The molecule has 1 aliphatic rings. The second-order valence-electron chi connectivity index (χ2n) is 4.65. The fourth-order valence-electron chi connectivity index (χ4n) is 2.24. The molecule has 0 bridgehead atoms. The second kappa shape index (κ2) is 7.14. The lowest BCUT2D eigenvalue weighted by Gasteiger charge is -2.11. The van der Waals surface area contributed by atoms with E-state index < -0.39 is 0 Å². The Bertz CT molecular complexity index is 411. The van der Waals surface area contributed by atoms with E-state index in [4.69, 9.17) is 14.2 Å². The quantitative estimate of drug-likeness (QED) is 0.561. The molecule has 1 aromatic carbocycles. The summed E-state index contributed by atoms with van der Waals surface area (Å²) >= 11 is 0. The van der Waals surface area contributed by atoms with Gasteiger partial charge < -0.3 is 14.2 Å². The van der Waals surface area contributed by atoms with Crippen LogP contribution in [0.4, 0.5) is 0 Å². The van der Waals surface area contributed by atoms with Crippen molar-refractivity contribution < 1.29 is 19.0 Å². The van der Waals surface area contributed by atoms with Crippen LogP contribution < -0.4 is 9.47 Å². The number of carbonyl (C=O) groups is 1. The number of carbonyl (C=O) groups excluding carboxylic acids is 1. The zero-order valence-corrected chi connectivity index (χ0v) is 11.3. The number of ether oxygens (including phenoxy) is 3. The Morgan fingerprint density at radius 2 is 2.37 bits per heavy atom. The summed E-state index contributed by atoms with van der Waals surface area (Å²) in [5.41, 5.74) is 0.525. The summed E-state index contributed by atoms with van der Waals surface area (Å²) in [6, 6.07) is 5.25. The third kappa shape index (κ3) is 3.96. The number of aldehydes is 1. The Balaban J connectivity index is 1.79. The molecule has 0 aliphatic carbocycles. The van der Waals surface area contributed by atoms with Crippen LogP contribution in [-0.2, 0) is 4.74 Å². The van der Waals surface area contributed by atoms with Crippen molar-refractivity contribution in [2.45, 2.75) is 31.8 Å². The van der Waals surface area contributed by atoms with Gasteiger partial charge in [-0.3, -0.25) is 4.79 Å². The molecule has 19 heavy (non-hydrogen) atoms. The molecule has 1 aromatic rings. The van der Waals surface area contributed by atoms with Crippen molar-refractivity contribution >= 4 is 6.29 Å². The maximum Gasteiger partial charge on any atom is 0.153 e. The van der Waals surface area contributed by atoms with Crippen molar-refractivity contribution in [1.29, 1.82) is 0 Å². The van der Waals surface area contributed by atoms with E-state index in [2.05, 4.69) is 0 Å². The van der Waals surface area contributed by atoms with E-state index in [-0.39, 0.29) is 0 Å². The highest BCUT2D eigenvalue weighted by atomic mass is 16.5. The number of hydrogen-bond donors (Lipinski definition) is 0. The van der Waals surface area contributed by atoms with Crippen molar-refractivity contribution in [3.8, 4) is 11.5 Å². The Hall–Kier alpha value is -1.55. The van der Waals surface area contributed by atoms with Crippen LogP contribution in [0.1, 0.15) is 36.0 Å². The van der Waals surface area contributed by atoms with Gasteiger partial charge in [-0.15, -0.1) is 0 Å². The molecule has 1 saturated heterocycles. The smallest absolute Gasteiger partial charge is 0.153 e. The summed E-state index contributed by atoms with van der Waals surface area (Å²) in [7, 11) is 1.58. The van der Waals surface area contributed by atoms with E-state index in [9.17, 15) is 4.79 Å². The van der Waals surface area contributed by atoms with E-state index in [1.54, 1.807) is 25.3 Å². The fourth-order valence-corrected chi connectivity index (χ4v) is 2.24. The highest BCUT2D eigenvalue weighted by Gasteiger charge is 2.14. The van der Waals surface area contributed by atoms with Crippen molar-refractivity contribution in [3.63, 3.8) is 0 Å². The lowest BCUT2D eigenvalue weighted by molar-refractivity contribution is 0.0979. The molecule has 0 saturated carbocycles. The number of benzene rings is 1. The molecule has 0 aromatic heterocycles. The molecule has 2 rings (SSSR count). The lowest BCUT2D eigenvalue weighted by Crippen LogP contribution is -2.08. The van der Waals surface area contributed by atoms with Gasteiger partial charge >= 0.3 is 0 Å². The third-order valence-corrected chi connectivity index (χ3v) is 3.30. The number of hydrogen-bond acceptors (Lipinski definition) is 4. The van der Waals surface area contributed by atoms with Gasteiger partial charge in [0, 0.05) is 6.61 Å². The molecule has 4 heteroatoms. The van der Waals surface area contributed by atoms with E-state index in [1.165, 1.54) is 6.42 Å². The van der Waals surface area contributed by atoms with Crippen LogP contribution in [0.3, 0.4) is 0 Å². The lowest BCUT2D eigenvalue weighted by atomic mass is 10.1. The van der Waals surface area contributed by atoms with Crippen LogP contribution in [0, 0.1) is 0 Å². The first-order valence-corrected chi connectivity index (χ1v) is 6.71. The van der Waals surface area contributed by atoms with Gasteiger partial charge in [-0.1, -0.05) is 0 Å². The number of rotatable bonds is 7. The maximum absolute atomic E-state index is 11.0. The summed E-state index contributed by atoms with van der Waals surface area (Å²) in [6.07, 6.45) is 5.46. The van der Waals surface area contributed by atoms with Crippen molar-refractivity contribution in [3.05, 3.63) is 23.8 Å². The molecule has 1 aliphatic heterocycles. The fraction of sp³-hybridized carbons (Fsp3) is 0.533. The monoisotopic (exact) mass is 264 g/mol. The predicted octanol–water partition coefficient (Wildman–Crippen LogP) is 2.85. The van der Waals surface area contributed by atoms with Crippen LogP contribution in [0.2, 0.25) is 0 Å². The minimum absolute atomic E-state index is 0.394. The van der Waals surface area contributed by atoms with Gasteiger partial charge in [0.25, 0.3) is 0 Å². The number of methoxy groups -OCH3 is 1. The molecule has 0 amide bonds. The summed E-state index contributed by atoms with van der Waals surface area (Å²) in [4.78, 5) is 11.0. The van der Waals surface area contributed by atoms with Gasteiger partial charge in [0.05, 0.1) is 25.4 Å². The molecule has 1 heterocycles. The van der Waals surface area contributed by atoms with Crippen molar-refractivity contribution in [2.75, 3.05) is 20.3 Å². The van der Waals surface area contributed by atoms with E-state index in [0.717, 1.165) is 32.2 Å². The van der Waals surface area contributed by atoms with E-state index >= 15 is 0 Å². The van der Waals surface area contributed by atoms with Gasteiger partial charge in [0.2, 0.25) is 0 Å². The largest absolute Gasteiger partial charge is 0.497 e. The molecular formula is C15H20O4. The Labute approximate surface area is 113 Å². The first-order chi connectivity index (χ1) is 9.33. The molecule has 0 radical (unpaired) electrons. The SMILES string of the molecule is COc1ccc(OCCCC2CCCO2)c(C=O)c1. The highest BCUT2D eigenvalue weighted by Crippen LogP contribution is 2.23. The van der Waals surface area contributed by atoms with Crippen molar-refractivity contribution in [2.24, 2.45) is 0 Å². The predicted molar refractivity (Wildman–Crippen MR) is 72.1 cm³/mol. The molecule has 1 unspecified atom stereocenters. The van der Waals surface area contributed by atoms with Crippen LogP contribution in [0.25, 0.3) is 0 Å². The zero-order valence-electron chi connectivity index (χ0n) is 11.3. The van der Waals surface area contributed by atoms with Crippen LogP contribution in [0.5, 0.6) is 11.5 Å². The topological polar surface area (TPSA) is 44.8 Å². The molecule has 4 nitrogen and oxygen atoms in total. The maximum atomic E-state index is 11.0. The zero-order chi connectivity index (χ0) is 13.5. The van der Waals surface area contributed by atoms with E-state index in [1.807, 2.05) is 0 Å². The molecule has 0 N–H and O–H groups in total. The first-order valence-electron chi connectivity index (χ1n) is 6.71. The minimum Gasteiger partial charge on any atom is -0.497 e. The molecular weight excluding hydrogens is 244 g/mol. The minimum atomic E-state index is 0.394. The normalized spacial score (nSPS) is 18.3. The summed E-state index contributed by atoms with van der Waals surface area (Å²) in [5.74, 6) is 1.27. The summed E-state index contributed by atoms with van der Waals surface area (Å²) in [6.45, 7) is 1.49. The van der Waals surface area contributed by atoms with Gasteiger partial charge in [-0.2, -0.15) is 0 Å². The second-order valence-corrected chi connectivity index (χ2v) is 4.65. The van der Waals surface area contributed by atoms with Gasteiger partial charge in [-0.05, 0) is 43.9 Å². The van der Waals surface area contributed by atoms with Gasteiger partial charge in [-0.25, -0.2) is 0 Å². The average molecular weight is 264 g/mol. The van der Waals surface area contributed by atoms with Gasteiger partial charge in [0.15, 0.2) is 6.29 Å². The van der Waals surface area contributed by atoms with Crippen LogP contribution >= 0.6 is 0 Å². The van der Waals surface area contributed by atoms with Crippen LogP contribution in [-0.4, -0.2) is 32.7 Å². The first kappa shape index (κ1) is 13.9. The third-order valence-electron chi connectivity index (χ3n) is 3.30. The standard InChI is InChI=1S/C15H20O4/c1-17-14-6-7-15(12(10-14)11-16)19-9-3-5-13-4-2-8-18-13/h6-7,10-11,13H,2-5,8-9H2,1H3. The Morgan fingerprint density at radius 1 is 1.47 bits per heavy atom. The molecule has 1 fully saturated rings. The Morgan fingerprint density at radius 3 is 3.05 bits per heavy atom. The Kier molecular flexibility index (Phi) is 5.21. The highest BCUT2D eigenvalue weighted by molar-refractivity contribution is 5.80. The van der Waals surface area contributed by atoms with Crippen LogP contribution in [0.15, 0.2) is 18.2 Å². The summed E-state index contributed by atoms with van der Waals surface area (Å²) < 4.78 is 16.3. The molecule has 1 atom stereocenters. The average Bonchev–Trinajstić information content (AvgIpc) is 2.96. The van der Waals surface area contributed by atoms with Gasteiger partial charge in [0.1, 0.15) is 11.5 Å². The molecule has 104 valence electrons. The van der Waals surface area contributed by atoms with E-state index in [0.29, 0.717) is 29.8 Å². The molecule has 0 spiro atoms. The van der Waals surface area contributed by atoms with Crippen molar-refractivity contribution in [1.82, 2.24) is 0 Å².